The number of hydrogen-bond acceptors (Lipinski definition) is 6. The zero-order chi connectivity index (χ0) is 14.5. The number of aliphatic hydroxyl groups is 1. The fourth-order valence-corrected chi connectivity index (χ4v) is 2.52. The maximum Gasteiger partial charge on any atom is 0.225 e. The molecule has 1 aliphatic rings. The molecule has 0 radical (unpaired) electrons. The summed E-state index contributed by atoms with van der Waals surface area (Å²) in [4.78, 5) is 17.0. The van der Waals surface area contributed by atoms with Crippen LogP contribution in [-0.4, -0.2) is 57.7 Å². The molecule has 6 nitrogen and oxygen atoms in total. The van der Waals surface area contributed by atoms with Crippen LogP contribution in [0.3, 0.4) is 0 Å². The first-order chi connectivity index (χ1) is 10.3. The average Bonchev–Trinajstić information content (AvgIpc) is 2.57. The number of β-amino-alcohol motifs (C(OH)–C–C–N with tert-alkyl or cyclic N) is 1. The van der Waals surface area contributed by atoms with Crippen molar-refractivity contribution in [3.63, 3.8) is 0 Å². The molecule has 0 amide bonds. The maximum atomic E-state index is 10.2. The molecule has 1 aliphatic heterocycles. The van der Waals surface area contributed by atoms with Crippen molar-refractivity contribution in [2.75, 3.05) is 37.6 Å². The van der Waals surface area contributed by atoms with Crippen molar-refractivity contribution in [2.45, 2.75) is 6.10 Å². The molecule has 0 spiro atoms. The zero-order valence-electron chi connectivity index (χ0n) is 11.8. The summed E-state index contributed by atoms with van der Waals surface area (Å²) in [6.45, 7) is 4.22. The Morgan fingerprint density at radius 1 is 1.00 bits per heavy atom. The quantitative estimate of drug-likeness (QED) is 0.893. The normalized spacial score (nSPS) is 17.7. The number of rotatable bonds is 4. The van der Waals surface area contributed by atoms with Gasteiger partial charge in [0, 0.05) is 57.5 Å². The third kappa shape index (κ3) is 3.53. The molecule has 3 rings (SSSR count). The van der Waals surface area contributed by atoms with Gasteiger partial charge in [-0.2, -0.15) is 0 Å². The predicted octanol–water partition coefficient (Wildman–Crippen LogP) is 0.727. The highest BCUT2D eigenvalue weighted by molar-refractivity contribution is 5.29. The number of aromatic nitrogens is 3. The summed E-state index contributed by atoms with van der Waals surface area (Å²) >= 11 is 0. The van der Waals surface area contributed by atoms with E-state index < -0.39 is 6.10 Å². The fourth-order valence-electron chi connectivity index (χ4n) is 2.52. The highest BCUT2D eigenvalue weighted by Gasteiger charge is 2.21. The van der Waals surface area contributed by atoms with Crippen LogP contribution in [0, 0.1) is 0 Å². The van der Waals surface area contributed by atoms with Gasteiger partial charge in [-0.05, 0) is 23.8 Å². The number of piperazine rings is 1. The summed E-state index contributed by atoms with van der Waals surface area (Å²) in [6.07, 6.45) is 6.49. The lowest BCUT2D eigenvalue weighted by molar-refractivity contribution is 0.109. The fraction of sp³-hybridized carbons (Fsp3) is 0.400. The summed E-state index contributed by atoms with van der Waals surface area (Å²) in [7, 11) is 0. The SMILES string of the molecule is OC(CN1CCN(c2ncccn2)CC1)c1ccncc1. The van der Waals surface area contributed by atoms with Crippen molar-refractivity contribution in [1.29, 1.82) is 0 Å². The Hall–Kier alpha value is -2.05. The van der Waals surface area contributed by atoms with Gasteiger partial charge >= 0.3 is 0 Å². The molecule has 1 saturated heterocycles. The molecule has 0 bridgehead atoms. The molecule has 3 heterocycles. The van der Waals surface area contributed by atoms with E-state index in [1.807, 2.05) is 18.2 Å². The molecule has 1 fully saturated rings. The summed E-state index contributed by atoms with van der Waals surface area (Å²) in [6, 6.07) is 5.54. The van der Waals surface area contributed by atoms with Crippen LogP contribution in [0.2, 0.25) is 0 Å². The van der Waals surface area contributed by atoms with Gasteiger partial charge in [-0.1, -0.05) is 0 Å². The number of nitrogens with zero attached hydrogens (tertiary/aromatic N) is 5. The molecule has 1 N–H and O–H groups in total. The van der Waals surface area contributed by atoms with Gasteiger partial charge in [0.1, 0.15) is 0 Å². The van der Waals surface area contributed by atoms with Gasteiger partial charge in [0.2, 0.25) is 5.95 Å². The van der Waals surface area contributed by atoms with Gasteiger partial charge in [0.05, 0.1) is 6.10 Å². The van der Waals surface area contributed by atoms with E-state index in [0.717, 1.165) is 37.7 Å². The van der Waals surface area contributed by atoms with Crippen molar-refractivity contribution in [2.24, 2.45) is 0 Å². The molecular formula is C15H19N5O. The van der Waals surface area contributed by atoms with Crippen LogP contribution in [0.15, 0.2) is 43.0 Å². The zero-order valence-corrected chi connectivity index (χ0v) is 11.8. The van der Waals surface area contributed by atoms with Crippen LogP contribution in [0.5, 0.6) is 0 Å². The van der Waals surface area contributed by atoms with E-state index in [2.05, 4.69) is 24.8 Å². The molecule has 21 heavy (non-hydrogen) atoms. The Labute approximate surface area is 124 Å². The van der Waals surface area contributed by atoms with Crippen LogP contribution < -0.4 is 4.90 Å². The van der Waals surface area contributed by atoms with Gasteiger partial charge in [-0.3, -0.25) is 9.88 Å². The first kappa shape index (κ1) is 13.9. The van der Waals surface area contributed by atoms with Crippen molar-refractivity contribution in [1.82, 2.24) is 19.9 Å². The standard InChI is InChI=1S/C15H19N5O/c21-14(13-2-6-16-7-3-13)12-19-8-10-20(11-9-19)15-17-4-1-5-18-15/h1-7,14,21H,8-12H2. The second kappa shape index (κ2) is 6.60. The predicted molar refractivity (Wildman–Crippen MR) is 79.9 cm³/mol. The molecule has 1 unspecified atom stereocenters. The molecule has 6 heteroatoms. The van der Waals surface area contributed by atoms with Crippen LogP contribution in [0.1, 0.15) is 11.7 Å². The highest BCUT2D eigenvalue weighted by Crippen LogP contribution is 2.15. The van der Waals surface area contributed by atoms with E-state index in [0.29, 0.717) is 6.54 Å². The number of aliphatic hydroxyl groups excluding tert-OH is 1. The van der Waals surface area contributed by atoms with Gasteiger partial charge in [-0.15, -0.1) is 0 Å². The first-order valence-electron chi connectivity index (χ1n) is 7.15. The van der Waals surface area contributed by atoms with E-state index in [1.54, 1.807) is 24.8 Å². The van der Waals surface area contributed by atoms with Gasteiger partial charge in [0.25, 0.3) is 0 Å². The second-order valence-corrected chi connectivity index (χ2v) is 5.13. The summed E-state index contributed by atoms with van der Waals surface area (Å²) in [5.41, 5.74) is 0.916. The van der Waals surface area contributed by atoms with Crippen molar-refractivity contribution >= 4 is 5.95 Å². The number of hydrogen-bond donors (Lipinski definition) is 1. The van der Waals surface area contributed by atoms with Gasteiger partial charge in [-0.25, -0.2) is 9.97 Å². The van der Waals surface area contributed by atoms with Crippen molar-refractivity contribution < 1.29 is 5.11 Å². The molecule has 110 valence electrons. The summed E-state index contributed by atoms with van der Waals surface area (Å²) in [5, 5.41) is 10.2. The van der Waals surface area contributed by atoms with Crippen molar-refractivity contribution in [3.05, 3.63) is 48.5 Å². The second-order valence-electron chi connectivity index (χ2n) is 5.13. The largest absolute Gasteiger partial charge is 0.387 e. The third-order valence-corrected chi connectivity index (χ3v) is 3.73. The third-order valence-electron chi connectivity index (χ3n) is 3.73. The maximum absolute atomic E-state index is 10.2. The molecule has 1 atom stereocenters. The summed E-state index contributed by atoms with van der Waals surface area (Å²) < 4.78 is 0. The van der Waals surface area contributed by atoms with Crippen LogP contribution in [-0.2, 0) is 0 Å². The van der Waals surface area contributed by atoms with Crippen LogP contribution >= 0.6 is 0 Å². The molecule has 2 aromatic rings. The van der Waals surface area contributed by atoms with E-state index in [1.165, 1.54) is 0 Å². The lowest BCUT2D eigenvalue weighted by Crippen LogP contribution is -2.48. The molecular weight excluding hydrogens is 266 g/mol. The van der Waals surface area contributed by atoms with Crippen LogP contribution in [0.25, 0.3) is 0 Å². The van der Waals surface area contributed by atoms with E-state index in [4.69, 9.17) is 0 Å². The number of anilines is 1. The Bertz CT molecular complexity index is 543. The van der Waals surface area contributed by atoms with Gasteiger partial charge in [0.15, 0.2) is 0 Å². The van der Waals surface area contributed by atoms with E-state index >= 15 is 0 Å². The molecule has 0 saturated carbocycles. The molecule has 0 aromatic carbocycles. The number of pyridine rings is 1. The van der Waals surface area contributed by atoms with Crippen molar-refractivity contribution in [3.8, 4) is 0 Å². The Kier molecular flexibility index (Phi) is 4.37. The summed E-state index contributed by atoms with van der Waals surface area (Å²) in [5.74, 6) is 0.784. The molecule has 2 aromatic heterocycles. The topological polar surface area (TPSA) is 65.4 Å². The highest BCUT2D eigenvalue weighted by atomic mass is 16.3. The smallest absolute Gasteiger partial charge is 0.225 e. The lowest BCUT2D eigenvalue weighted by Gasteiger charge is -2.35. The monoisotopic (exact) mass is 285 g/mol. The molecule has 0 aliphatic carbocycles. The lowest BCUT2D eigenvalue weighted by atomic mass is 10.1. The average molecular weight is 285 g/mol. The Morgan fingerprint density at radius 3 is 2.33 bits per heavy atom. The van der Waals surface area contributed by atoms with E-state index in [9.17, 15) is 5.11 Å². The minimum atomic E-state index is -0.465. The van der Waals surface area contributed by atoms with E-state index in [-0.39, 0.29) is 0 Å². The van der Waals surface area contributed by atoms with Gasteiger partial charge < -0.3 is 10.0 Å². The first-order valence-corrected chi connectivity index (χ1v) is 7.15. The Balaban J connectivity index is 1.52. The minimum Gasteiger partial charge on any atom is -0.387 e. The Morgan fingerprint density at radius 2 is 1.67 bits per heavy atom. The minimum absolute atomic E-state index is 0.465. The van der Waals surface area contributed by atoms with Crippen LogP contribution in [0.4, 0.5) is 5.95 Å².